The summed E-state index contributed by atoms with van der Waals surface area (Å²) in [4.78, 5) is 23.3. The summed E-state index contributed by atoms with van der Waals surface area (Å²) in [6.45, 7) is 30.5. The third-order valence-corrected chi connectivity index (χ3v) is 11.3. The van der Waals surface area contributed by atoms with Crippen LogP contribution in [0.15, 0.2) is 60.7 Å². The number of rotatable bonds is 12. The molecule has 2 aromatic rings. The number of phenolic OH excluding ortho intramolecular Hbond substituents is 1. The highest BCUT2D eigenvalue weighted by molar-refractivity contribution is 5.87. The molecule has 0 heterocycles. The van der Waals surface area contributed by atoms with Crippen molar-refractivity contribution in [2.75, 3.05) is 0 Å². The minimum Gasteiger partial charge on any atom is -0.508 e. The van der Waals surface area contributed by atoms with Gasteiger partial charge in [-0.15, -0.1) is 0 Å². The molecule has 0 aliphatic heterocycles. The van der Waals surface area contributed by atoms with Crippen LogP contribution in [0.25, 0.3) is 0 Å². The minimum atomic E-state index is -0.329. The van der Waals surface area contributed by atoms with Crippen LogP contribution in [0.4, 0.5) is 0 Å². The summed E-state index contributed by atoms with van der Waals surface area (Å²) in [5.41, 5.74) is 2.44. The topological polar surface area (TPSA) is 82.1 Å². The van der Waals surface area contributed by atoms with Crippen LogP contribution in [0, 0.1) is 5.41 Å². The van der Waals surface area contributed by atoms with E-state index < -0.39 is 0 Å². The Morgan fingerprint density at radius 1 is 0.704 bits per heavy atom. The van der Waals surface area contributed by atoms with Crippen LogP contribution in [-0.4, -0.2) is 33.8 Å². The molecule has 2 aliphatic carbocycles. The van der Waals surface area contributed by atoms with Crippen LogP contribution >= 0.6 is 0 Å². The van der Waals surface area contributed by atoms with Gasteiger partial charge >= 0.3 is 11.9 Å². The SMILES string of the molecule is C=C(C)C(=O)OC1(CC)CCCC1.CCC(C)c1ccc(O)cc1.CCC(C)c1ccc(OC(C)(C)C)cc1.CCC1(OC(=O)C(C)(C)CC)CCCC1. The zero-order valence-corrected chi connectivity index (χ0v) is 36.7. The van der Waals surface area contributed by atoms with Crippen LogP contribution in [0.5, 0.6) is 11.5 Å². The number of benzene rings is 2. The molecular formula is C48H78O6. The number of hydrogen-bond donors (Lipinski definition) is 1. The Hall–Kier alpha value is -3.28. The Kier molecular flexibility index (Phi) is 20.7. The maximum atomic E-state index is 12.0. The molecule has 0 amide bonds. The van der Waals surface area contributed by atoms with E-state index in [2.05, 4.69) is 93.2 Å². The lowest BCUT2D eigenvalue weighted by Gasteiger charge is -2.32. The number of carbonyl (C=O) groups is 2. The second-order valence-electron chi connectivity index (χ2n) is 17.3. The average molecular weight is 751 g/mol. The molecular weight excluding hydrogens is 673 g/mol. The van der Waals surface area contributed by atoms with E-state index in [9.17, 15) is 9.59 Å². The molecule has 0 bridgehead atoms. The quantitative estimate of drug-likeness (QED) is 0.172. The maximum absolute atomic E-state index is 12.0. The van der Waals surface area contributed by atoms with Crippen molar-refractivity contribution in [3.8, 4) is 11.5 Å². The highest BCUT2D eigenvalue weighted by Gasteiger charge is 2.39. The first kappa shape index (κ1) is 48.7. The van der Waals surface area contributed by atoms with E-state index in [0.29, 0.717) is 23.2 Å². The van der Waals surface area contributed by atoms with Gasteiger partial charge in [0.25, 0.3) is 0 Å². The third kappa shape index (κ3) is 17.0. The molecule has 306 valence electrons. The molecule has 2 aromatic carbocycles. The predicted molar refractivity (Wildman–Crippen MR) is 226 cm³/mol. The van der Waals surface area contributed by atoms with Crippen molar-refractivity contribution in [3.05, 3.63) is 71.8 Å². The molecule has 2 saturated carbocycles. The highest BCUT2D eigenvalue weighted by Crippen LogP contribution is 2.38. The Morgan fingerprint density at radius 2 is 1.09 bits per heavy atom. The fourth-order valence-corrected chi connectivity index (χ4v) is 6.35. The van der Waals surface area contributed by atoms with E-state index >= 15 is 0 Å². The molecule has 1 N–H and O–H groups in total. The first-order valence-electron chi connectivity index (χ1n) is 20.9. The second kappa shape index (κ2) is 22.9. The highest BCUT2D eigenvalue weighted by atomic mass is 16.6. The Morgan fingerprint density at radius 3 is 1.43 bits per heavy atom. The van der Waals surface area contributed by atoms with Gasteiger partial charge in [-0.2, -0.15) is 0 Å². The average Bonchev–Trinajstić information content (AvgIpc) is 3.82. The Labute approximate surface area is 330 Å². The van der Waals surface area contributed by atoms with Crippen LogP contribution in [0.3, 0.4) is 0 Å². The van der Waals surface area contributed by atoms with Gasteiger partial charge in [0, 0.05) is 5.57 Å². The second-order valence-corrected chi connectivity index (χ2v) is 17.3. The van der Waals surface area contributed by atoms with Gasteiger partial charge in [0.2, 0.25) is 0 Å². The zero-order valence-electron chi connectivity index (χ0n) is 36.7. The van der Waals surface area contributed by atoms with Gasteiger partial charge in [0.05, 0.1) is 5.41 Å². The fourth-order valence-electron chi connectivity index (χ4n) is 6.35. The molecule has 54 heavy (non-hydrogen) atoms. The van der Waals surface area contributed by atoms with Crippen molar-refractivity contribution in [2.45, 2.75) is 202 Å². The summed E-state index contributed by atoms with van der Waals surface area (Å²) < 4.78 is 17.0. The number of esters is 2. The van der Waals surface area contributed by atoms with Crippen molar-refractivity contribution >= 4 is 11.9 Å². The molecule has 0 saturated heterocycles. The van der Waals surface area contributed by atoms with E-state index in [1.54, 1.807) is 19.1 Å². The number of aromatic hydroxyl groups is 1. The smallest absolute Gasteiger partial charge is 0.333 e. The third-order valence-electron chi connectivity index (χ3n) is 11.3. The Balaban J connectivity index is 0.000000362. The molecule has 4 rings (SSSR count). The molecule has 0 spiro atoms. The first-order chi connectivity index (χ1) is 25.2. The summed E-state index contributed by atoms with van der Waals surface area (Å²) >= 11 is 0. The van der Waals surface area contributed by atoms with Gasteiger partial charge < -0.3 is 19.3 Å². The van der Waals surface area contributed by atoms with Gasteiger partial charge in [-0.3, -0.25) is 4.79 Å². The molecule has 2 unspecified atom stereocenters. The van der Waals surface area contributed by atoms with Gasteiger partial charge in [0.15, 0.2) is 0 Å². The summed E-state index contributed by atoms with van der Waals surface area (Å²) in [5.74, 6) is 2.27. The minimum absolute atomic E-state index is 0.0197. The van der Waals surface area contributed by atoms with E-state index in [4.69, 9.17) is 19.3 Å². The van der Waals surface area contributed by atoms with Crippen molar-refractivity contribution in [2.24, 2.45) is 5.41 Å². The summed E-state index contributed by atoms with van der Waals surface area (Å²) in [6, 6.07) is 15.9. The van der Waals surface area contributed by atoms with E-state index in [0.717, 1.165) is 57.1 Å². The lowest BCUT2D eigenvalue weighted by atomic mass is 9.89. The normalized spacial score (nSPS) is 16.8. The van der Waals surface area contributed by atoms with Gasteiger partial charge in [-0.1, -0.05) is 79.3 Å². The summed E-state index contributed by atoms with van der Waals surface area (Å²) in [6.07, 6.45) is 13.9. The van der Waals surface area contributed by atoms with Crippen molar-refractivity contribution in [3.63, 3.8) is 0 Å². The lowest BCUT2D eigenvalue weighted by Crippen LogP contribution is -2.37. The predicted octanol–water partition coefficient (Wildman–Crippen LogP) is 13.8. The van der Waals surface area contributed by atoms with Gasteiger partial charge in [-0.25, -0.2) is 4.79 Å². The van der Waals surface area contributed by atoms with Crippen LogP contribution in [0.2, 0.25) is 0 Å². The monoisotopic (exact) mass is 751 g/mol. The van der Waals surface area contributed by atoms with E-state index in [-0.39, 0.29) is 34.2 Å². The van der Waals surface area contributed by atoms with Crippen molar-refractivity contribution in [1.29, 1.82) is 0 Å². The van der Waals surface area contributed by atoms with Crippen molar-refractivity contribution in [1.82, 2.24) is 0 Å². The number of ether oxygens (including phenoxy) is 3. The molecule has 0 radical (unpaired) electrons. The largest absolute Gasteiger partial charge is 0.508 e. The Bertz CT molecular complexity index is 1370. The number of phenols is 1. The molecule has 6 heteroatoms. The maximum Gasteiger partial charge on any atom is 0.333 e. The molecule has 2 aliphatic rings. The standard InChI is InChI=1S/C14H22O.C13H24O2.C11H18O2.C10H14O/c1-6-11(2)12-7-9-13(10-8-12)15-14(3,4)5;1-5-12(3,4)11(14)15-13(6-2)9-7-8-10-13;1-4-11(7-5-6-8-11)13-10(12)9(2)3;1-3-8(2)9-4-6-10(11)7-5-9/h7-11H,6H2,1-5H3;5-10H2,1-4H3;2,4-8H2,1,3H3;4-8,11H,3H2,1-2H3. The van der Waals surface area contributed by atoms with E-state index in [1.165, 1.54) is 43.2 Å². The van der Waals surface area contributed by atoms with Gasteiger partial charge in [-0.05, 0) is 172 Å². The summed E-state index contributed by atoms with van der Waals surface area (Å²) in [7, 11) is 0. The fraction of sp³-hybridized carbons (Fsp3) is 0.667. The number of carbonyl (C=O) groups excluding carboxylic acids is 2. The summed E-state index contributed by atoms with van der Waals surface area (Å²) in [5, 5.41) is 9.01. The molecule has 2 fully saturated rings. The number of hydrogen-bond acceptors (Lipinski definition) is 6. The molecule has 0 aromatic heterocycles. The van der Waals surface area contributed by atoms with Crippen LogP contribution in [0.1, 0.15) is 196 Å². The molecule has 2 atom stereocenters. The first-order valence-corrected chi connectivity index (χ1v) is 20.9. The van der Waals surface area contributed by atoms with E-state index in [1.807, 2.05) is 32.9 Å². The van der Waals surface area contributed by atoms with Crippen LogP contribution < -0.4 is 4.74 Å². The zero-order chi connectivity index (χ0) is 41.2. The van der Waals surface area contributed by atoms with Crippen LogP contribution in [-0.2, 0) is 19.1 Å². The molecule has 6 nitrogen and oxygen atoms in total. The van der Waals surface area contributed by atoms with Gasteiger partial charge in [0.1, 0.15) is 28.3 Å². The lowest BCUT2D eigenvalue weighted by molar-refractivity contribution is -0.170. The van der Waals surface area contributed by atoms with Crippen molar-refractivity contribution < 1.29 is 28.9 Å².